The molecule has 0 spiro atoms. The maximum Gasteiger partial charge on any atom is 0.509 e. The van der Waals surface area contributed by atoms with Crippen molar-refractivity contribution in [3.05, 3.63) is 169 Å². The number of ketones is 2. The van der Waals surface area contributed by atoms with Gasteiger partial charge in [-0.2, -0.15) is 0 Å². The number of thiophene rings is 2. The van der Waals surface area contributed by atoms with Crippen LogP contribution in [0.3, 0.4) is 0 Å². The lowest BCUT2D eigenvalue weighted by Crippen LogP contribution is -2.82. The third-order valence-electron chi connectivity index (χ3n) is 27.6. The van der Waals surface area contributed by atoms with Crippen LogP contribution in [0.4, 0.5) is 19.2 Å². The van der Waals surface area contributed by atoms with Gasteiger partial charge in [-0.3, -0.25) is 24.0 Å². The lowest BCUT2D eigenvalue weighted by molar-refractivity contribution is -0.346. The van der Waals surface area contributed by atoms with Crippen molar-refractivity contribution in [2.24, 2.45) is 39.4 Å². The maximum absolute atomic E-state index is 16.5. The zero-order valence-electron chi connectivity index (χ0n) is 78.6. The number of hydrogen-bond donors (Lipinski definition) is 6. The summed E-state index contributed by atoms with van der Waals surface area (Å²) in [4.78, 5) is 171. The fraction of sp³-hybridized carbons (Fsp3) is 0.567. The Bertz CT molecular complexity index is 5260. The van der Waals surface area contributed by atoms with Crippen molar-refractivity contribution in [2.75, 3.05) is 26.4 Å². The highest BCUT2D eigenvalue weighted by Crippen LogP contribution is 2.68. The summed E-state index contributed by atoms with van der Waals surface area (Å²) >= 11 is 2.44. The van der Waals surface area contributed by atoms with E-state index in [1.54, 1.807) is 167 Å². The molecule has 2 unspecified atom stereocenters. The van der Waals surface area contributed by atoms with E-state index in [2.05, 4.69) is 10.6 Å². The number of benzene rings is 3. The van der Waals surface area contributed by atoms with E-state index >= 15 is 9.59 Å². The molecule has 722 valence electrons. The summed E-state index contributed by atoms with van der Waals surface area (Å²) in [5.74, 6) is -11.2. The number of alkyl carbamates (subject to hydrolysis) is 2. The lowest BCUT2D eigenvalue weighted by Gasteiger charge is -2.68. The number of hydrogen-bond acceptors (Lipinski definition) is 33. The molecule has 6 N–H and O–H groups in total. The molecule has 6 fully saturated rings. The zero-order chi connectivity index (χ0) is 97.8. The Labute approximate surface area is 781 Å². The quantitative estimate of drug-likeness (QED) is 0.0153. The van der Waals surface area contributed by atoms with Crippen LogP contribution in [0.5, 0.6) is 0 Å². The van der Waals surface area contributed by atoms with Gasteiger partial charge in [0.25, 0.3) is 0 Å². The largest absolute Gasteiger partial charge is 0.509 e. The molecular weight excluding hydrogens is 1780 g/mol. The Kier molecular flexibility index (Phi) is 29.4. The first-order chi connectivity index (χ1) is 62.1. The van der Waals surface area contributed by atoms with Gasteiger partial charge in [0.15, 0.2) is 41.1 Å². The minimum atomic E-state index is -3.01. The number of amides is 2. The molecule has 8 aliphatic rings. The molecule has 13 rings (SSSR count). The summed E-state index contributed by atoms with van der Waals surface area (Å²) in [5.41, 5.74) is -16.9. The Morgan fingerprint density at radius 2 is 0.925 bits per heavy atom. The van der Waals surface area contributed by atoms with Crippen molar-refractivity contribution in [1.29, 1.82) is 0 Å². The molecule has 133 heavy (non-hydrogen) atoms. The average Bonchev–Trinajstić information content (AvgIpc) is 1.40. The number of fused-ring (bicyclic) bond motifs is 10. The molecule has 3 aromatic carbocycles. The van der Waals surface area contributed by atoms with Gasteiger partial charge in [0.2, 0.25) is 8.32 Å². The van der Waals surface area contributed by atoms with Gasteiger partial charge in [-0.1, -0.05) is 107 Å². The van der Waals surface area contributed by atoms with Crippen LogP contribution in [0, 0.1) is 39.4 Å². The second kappa shape index (κ2) is 38.5. The fourth-order valence-electron chi connectivity index (χ4n) is 20.9. The number of ether oxygens (including phenoxy) is 14. The maximum atomic E-state index is 16.5. The molecule has 2 amide bonds. The number of aliphatic hydroxyl groups is 4. The topological polar surface area (TPSA) is 448 Å². The number of carbonyl (C=O) groups excluding carboxylic acids is 12. The standard InChI is InChI=1S/C53H67NO15SSi.C44H55NO16S/c1-13-62-48(60)65-41-39-30(2)35(64-45(57)31(3)40(36-25-20-26-70-36)54-47(59)68-49(5,6)7)28-53(61,50(39,8)9)44(66-46(58)33-21-16-14-17-22-33)42-51(10,43(41)56)37(27-38-52(42,29-63-38)67-32(4)55)69-71(11,12)34-23-18-15-19-24-34;1-10-55-39(53)58-32-29-22(2)25(57-37(51)31(48)30(26-17-14-18-62-26)45-38(52)61-40(4,5)6)20-44(54,41(29,7)8)35(59-36(50)24-15-12-11-13-16-24)33-42(9,34(32)49)27(47)19-28-43(33,21-56-28)60-23(3)46/h14-26,31,35,37-38,40-42,44,61H,13,27-29H2,1-12H3,(H,54,59);11-18,25,27-28,30-33,35,47-48,54H,10,19-21H2,1-9H3,(H,45,52)/t31-,35+,37+,38-,40-,41-,42?,44+,51-,52+,53-;25-,27-,28+,30-,31+,32+,33?,35-,42+,43-,44+/m10/s1. The molecule has 0 radical (unpaired) electrons. The number of esters is 6. The third-order valence-corrected chi connectivity index (χ3v) is 32.1. The first kappa shape index (κ1) is 102. The highest BCUT2D eigenvalue weighted by atomic mass is 32.1. The molecule has 2 aliphatic heterocycles. The predicted octanol–water partition coefficient (Wildman–Crippen LogP) is 12.4. The van der Waals surface area contributed by atoms with Gasteiger partial charge in [-0.25, -0.2) is 33.6 Å². The zero-order valence-corrected chi connectivity index (χ0v) is 81.3. The van der Waals surface area contributed by atoms with Crippen molar-refractivity contribution in [3.8, 4) is 0 Å². The van der Waals surface area contributed by atoms with E-state index in [9.17, 15) is 68.4 Å². The van der Waals surface area contributed by atoms with E-state index in [0.29, 0.717) is 9.75 Å². The molecule has 4 saturated carbocycles. The SMILES string of the molecule is CCOC(=O)O[C@H]1C(=O)[C@@]2(C)C([C@H](OC(=O)c3ccccc3)[C@]3(O)C[C@H](OC(=O)[C@H](C)[C@@H](NC(=O)OC(C)(C)C)c4cccs4)C(C)=C1C3(C)C)[C@]1(OC(C)=O)CO[C@@H]1C[C@@H]2O[Si](C)(C)c1ccccc1.CCOC(=O)O[C@H]1C(=O)[C@@]2(C)C([C@H](OC(=O)c3ccccc3)[C@]3(O)C[C@H](OC(=O)[C@H](O)[C@@H](NC(=O)OC(C)(C)C)c4cccs4)C(C)=C1C3(C)C)[C@]1(OC(C)=O)CO[C@@H]1C[C@@H]2O. The van der Waals surface area contributed by atoms with Gasteiger partial charge in [0.1, 0.15) is 65.1 Å². The van der Waals surface area contributed by atoms with E-state index in [0.717, 1.165) is 23.4 Å². The number of rotatable bonds is 23. The first-order valence-electron chi connectivity index (χ1n) is 44.5. The van der Waals surface area contributed by atoms with Crippen LogP contribution in [-0.2, 0) is 99.5 Å². The minimum Gasteiger partial charge on any atom is -0.457 e. The van der Waals surface area contributed by atoms with E-state index < -0.39 is 245 Å². The number of aliphatic hydroxyl groups excluding tert-OH is 2. The highest BCUT2D eigenvalue weighted by molar-refractivity contribution is 7.10. The minimum absolute atomic E-state index is 0.0154. The predicted molar refractivity (Wildman–Crippen MR) is 480 cm³/mol. The van der Waals surface area contributed by atoms with Crippen molar-refractivity contribution in [3.63, 3.8) is 0 Å². The van der Waals surface area contributed by atoms with Gasteiger partial charge in [0, 0.05) is 60.1 Å². The van der Waals surface area contributed by atoms with Crippen LogP contribution < -0.4 is 15.8 Å². The number of Topliss-reactive ketones (excluding diaryl/α,β-unsaturated/α-hetero) is 2. The third kappa shape index (κ3) is 19.3. The van der Waals surface area contributed by atoms with Gasteiger partial charge in [-0.15, -0.1) is 22.7 Å². The Balaban J connectivity index is 0.000000242. The normalized spacial score (nSPS) is 30.9. The average molecular weight is 1900 g/mol. The summed E-state index contributed by atoms with van der Waals surface area (Å²) in [6.07, 6.45) is -22.4. The number of carbonyl (C=O) groups is 12. The van der Waals surface area contributed by atoms with Crippen molar-refractivity contribution < 1.29 is 149 Å². The van der Waals surface area contributed by atoms with Gasteiger partial charge in [0.05, 0.1) is 84.4 Å². The number of nitrogens with one attached hydrogen (secondary N) is 2. The molecular formula is C97H122N2O31S2Si. The van der Waals surface area contributed by atoms with Gasteiger partial charge < -0.3 is 102 Å². The fourth-order valence-corrected chi connectivity index (χ4v) is 24.8. The second-order valence-corrected chi connectivity index (χ2v) is 45.0. The summed E-state index contributed by atoms with van der Waals surface area (Å²) in [7, 11) is -3.01. The monoisotopic (exact) mass is 1900 g/mol. The van der Waals surface area contributed by atoms with E-state index in [1.165, 1.54) is 65.0 Å². The van der Waals surface area contributed by atoms with E-state index in [4.69, 9.17) is 70.7 Å². The van der Waals surface area contributed by atoms with Crippen LogP contribution in [0.25, 0.3) is 0 Å². The molecule has 4 bridgehead atoms. The van der Waals surface area contributed by atoms with E-state index in [-0.39, 0.29) is 72.7 Å². The van der Waals surface area contributed by atoms with Crippen LogP contribution in [0.15, 0.2) is 148 Å². The summed E-state index contributed by atoms with van der Waals surface area (Å²) < 4.78 is 90.9. The Hall–Kier alpha value is -10.3. The van der Waals surface area contributed by atoms with Gasteiger partial charge in [-0.05, 0) is 178 Å². The van der Waals surface area contributed by atoms with Crippen molar-refractivity contribution >= 4 is 108 Å². The first-order valence-corrected chi connectivity index (χ1v) is 49.1. The van der Waals surface area contributed by atoms with Crippen LogP contribution in [-0.4, -0.2) is 228 Å². The molecule has 2 aromatic heterocycles. The highest BCUT2D eigenvalue weighted by Gasteiger charge is 2.81. The van der Waals surface area contributed by atoms with Gasteiger partial charge >= 0.3 is 60.3 Å². The molecule has 33 nitrogen and oxygen atoms in total. The Morgan fingerprint density at radius 1 is 0.534 bits per heavy atom. The Morgan fingerprint density at radius 3 is 1.32 bits per heavy atom. The van der Waals surface area contributed by atoms with Crippen LogP contribution in [0.1, 0.15) is 200 Å². The smallest absolute Gasteiger partial charge is 0.457 e. The van der Waals surface area contributed by atoms with Crippen molar-refractivity contribution in [1.82, 2.24) is 10.6 Å². The molecule has 36 heteroatoms. The summed E-state index contributed by atoms with van der Waals surface area (Å²) in [5, 5.41) is 61.4. The molecule has 6 aliphatic carbocycles. The van der Waals surface area contributed by atoms with Crippen LogP contribution in [0.2, 0.25) is 13.1 Å². The molecule has 5 aromatic rings. The van der Waals surface area contributed by atoms with E-state index in [1.807, 2.05) is 43.4 Å². The molecule has 2 saturated heterocycles. The second-order valence-electron chi connectivity index (χ2n) is 39.2. The molecule has 4 heterocycles. The van der Waals surface area contributed by atoms with Crippen LogP contribution >= 0.6 is 22.7 Å². The summed E-state index contributed by atoms with van der Waals surface area (Å²) in [6.45, 7) is 32.7. The molecule has 22 atom stereocenters. The lowest BCUT2D eigenvalue weighted by atomic mass is 9.44. The summed E-state index contributed by atoms with van der Waals surface area (Å²) in [6, 6.07) is 29.9. The van der Waals surface area contributed by atoms with Crippen molar-refractivity contribution in [2.45, 2.75) is 283 Å².